The molecule has 2 aromatic rings. The molecule has 1 amide bonds. The fourth-order valence-corrected chi connectivity index (χ4v) is 5.59. The number of carbonyl (C=O) groups is 1. The summed E-state index contributed by atoms with van der Waals surface area (Å²) in [5.41, 5.74) is 3.46. The summed E-state index contributed by atoms with van der Waals surface area (Å²) < 4.78 is 25.5. The quantitative estimate of drug-likeness (QED) is 0.874. The van der Waals surface area contributed by atoms with Gasteiger partial charge < -0.3 is 5.32 Å². The third-order valence-electron chi connectivity index (χ3n) is 5.25. The number of anilines is 1. The molecule has 0 bridgehead atoms. The fourth-order valence-electron chi connectivity index (χ4n) is 3.90. The molecule has 0 spiro atoms. The molecule has 0 unspecified atom stereocenters. The molecule has 2 heterocycles. The number of nitriles is 1. The molecule has 1 aliphatic carbocycles. The number of amides is 1. The van der Waals surface area contributed by atoms with Crippen LogP contribution in [0.4, 0.5) is 5.69 Å². The lowest BCUT2D eigenvalue weighted by Gasteiger charge is -2.17. The smallest absolute Gasteiger partial charge is 0.276 e. The summed E-state index contributed by atoms with van der Waals surface area (Å²) in [4.78, 5) is 12.8. The van der Waals surface area contributed by atoms with E-state index in [0.717, 1.165) is 36.9 Å². The van der Waals surface area contributed by atoms with Crippen LogP contribution in [0.5, 0.6) is 0 Å². The van der Waals surface area contributed by atoms with Gasteiger partial charge in [0.15, 0.2) is 15.5 Å². The number of nitrogens with one attached hydrogen (secondary N) is 1. The molecule has 140 valence electrons. The van der Waals surface area contributed by atoms with Crippen LogP contribution in [0.3, 0.4) is 0 Å². The molecule has 1 N–H and O–H groups in total. The van der Waals surface area contributed by atoms with Gasteiger partial charge in [0.25, 0.3) is 5.91 Å². The van der Waals surface area contributed by atoms with Gasteiger partial charge in [-0.15, -0.1) is 0 Å². The van der Waals surface area contributed by atoms with E-state index in [1.165, 1.54) is 0 Å². The highest BCUT2D eigenvalue weighted by Crippen LogP contribution is 2.31. The topological polar surface area (TPSA) is 105 Å². The Kier molecular flexibility index (Phi) is 4.48. The van der Waals surface area contributed by atoms with Crippen LogP contribution >= 0.6 is 0 Å². The third kappa shape index (κ3) is 3.47. The van der Waals surface area contributed by atoms with Crippen LogP contribution in [0, 0.1) is 11.3 Å². The first-order valence-corrected chi connectivity index (χ1v) is 10.9. The van der Waals surface area contributed by atoms with Crippen molar-refractivity contribution in [2.75, 3.05) is 16.8 Å². The summed E-state index contributed by atoms with van der Waals surface area (Å²) >= 11 is 0. The lowest BCUT2D eigenvalue weighted by atomic mass is 9.95. The first-order chi connectivity index (χ1) is 13.0. The molecule has 8 heteroatoms. The van der Waals surface area contributed by atoms with Gasteiger partial charge in [0.2, 0.25) is 0 Å². The summed E-state index contributed by atoms with van der Waals surface area (Å²) in [5.74, 6) is -0.0193. The zero-order valence-electron chi connectivity index (χ0n) is 14.8. The summed E-state index contributed by atoms with van der Waals surface area (Å²) in [6, 6.07) is 8.52. The summed E-state index contributed by atoms with van der Waals surface area (Å²) in [6.07, 6.45) is 4.18. The normalized spacial score (nSPS) is 20.6. The Balaban J connectivity index is 1.64. The molecule has 1 aromatic carbocycles. The molecule has 1 saturated heterocycles. The van der Waals surface area contributed by atoms with Gasteiger partial charge in [0, 0.05) is 16.9 Å². The average Bonchev–Trinajstić information content (AvgIpc) is 3.22. The van der Waals surface area contributed by atoms with Crippen molar-refractivity contribution in [2.24, 2.45) is 0 Å². The van der Waals surface area contributed by atoms with E-state index in [9.17, 15) is 13.2 Å². The van der Waals surface area contributed by atoms with Crippen molar-refractivity contribution >= 4 is 21.4 Å². The zero-order valence-corrected chi connectivity index (χ0v) is 15.6. The SMILES string of the molecule is N#Cc1ccc(NC(=O)c2nn([C@H]3CCS(=O)(=O)C3)c3c2CCCC3)cc1. The molecule has 1 fully saturated rings. The number of carbonyl (C=O) groups excluding carboxylic acids is 1. The molecule has 1 atom stereocenters. The van der Waals surface area contributed by atoms with Gasteiger partial charge in [-0.05, 0) is 56.4 Å². The Labute approximate surface area is 157 Å². The van der Waals surface area contributed by atoms with Gasteiger partial charge in [0.05, 0.1) is 29.2 Å². The second-order valence-electron chi connectivity index (χ2n) is 7.13. The maximum Gasteiger partial charge on any atom is 0.276 e. The summed E-state index contributed by atoms with van der Waals surface area (Å²) in [7, 11) is -3.02. The number of aromatic nitrogens is 2. The van der Waals surface area contributed by atoms with Gasteiger partial charge >= 0.3 is 0 Å². The number of benzene rings is 1. The maximum atomic E-state index is 12.8. The molecule has 0 saturated carbocycles. The minimum absolute atomic E-state index is 0.0950. The highest BCUT2D eigenvalue weighted by molar-refractivity contribution is 7.91. The summed E-state index contributed by atoms with van der Waals surface area (Å²) in [6.45, 7) is 0. The minimum Gasteiger partial charge on any atom is -0.321 e. The molecule has 2 aliphatic rings. The van der Waals surface area contributed by atoms with E-state index >= 15 is 0 Å². The van der Waals surface area contributed by atoms with E-state index in [1.807, 2.05) is 6.07 Å². The Bertz CT molecular complexity index is 1030. The second kappa shape index (κ2) is 6.82. The number of fused-ring (bicyclic) bond motifs is 1. The first-order valence-electron chi connectivity index (χ1n) is 9.09. The van der Waals surface area contributed by atoms with Gasteiger partial charge in [-0.3, -0.25) is 9.48 Å². The van der Waals surface area contributed by atoms with Crippen LogP contribution < -0.4 is 5.32 Å². The molecular formula is C19H20N4O3S. The van der Waals surface area contributed by atoms with E-state index in [0.29, 0.717) is 23.4 Å². The fraction of sp³-hybridized carbons (Fsp3) is 0.421. The Hall–Kier alpha value is -2.66. The Morgan fingerprint density at radius 3 is 2.63 bits per heavy atom. The van der Waals surface area contributed by atoms with Crippen molar-refractivity contribution in [1.82, 2.24) is 9.78 Å². The Morgan fingerprint density at radius 2 is 1.96 bits per heavy atom. The van der Waals surface area contributed by atoms with E-state index in [4.69, 9.17) is 5.26 Å². The first kappa shape index (κ1) is 17.7. The predicted octanol–water partition coefficient (Wildman–Crippen LogP) is 2.25. The standard InChI is InChI=1S/C19H20N4O3S/c20-11-13-5-7-14(8-6-13)21-19(24)18-16-3-1-2-4-17(16)23(22-18)15-9-10-27(25,26)12-15/h5-8,15H,1-4,9-10,12H2,(H,21,24)/t15-/m0/s1. The van der Waals surface area contributed by atoms with Crippen LogP contribution in [0.25, 0.3) is 0 Å². The van der Waals surface area contributed by atoms with Crippen LogP contribution in [-0.2, 0) is 22.7 Å². The lowest BCUT2D eigenvalue weighted by molar-refractivity contribution is 0.102. The van der Waals surface area contributed by atoms with Crippen LogP contribution in [0.15, 0.2) is 24.3 Å². The van der Waals surface area contributed by atoms with Gasteiger partial charge in [-0.25, -0.2) is 8.42 Å². The Morgan fingerprint density at radius 1 is 1.22 bits per heavy atom. The van der Waals surface area contributed by atoms with Crippen molar-refractivity contribution in [2.45, 2.75) is 38.1 Å². The molecule has 0 radical (unpaired) electrons. The van der Waals surface area contributed by atoms with E-state index in [-0.39, 0.29) is 23.5 Å². The number of rotatable bonds is 3. The number of hydrogen-bond donors (Lipinski definition) is 1. The molecule has 1 aliphatic heterocycles. The highest BCUT2D eigenvalue weighted by atomic mass is 32.2. The average molecular weight is 384 g/mol. The van der Waals surface area contributed by atoms with Crippen LogP contribution in [0.1, 0.15) is 52.6 Å². The van der Waals surface area contributed by atoms with Crippen LogP contribution in [-0.4, -0.2) is 35.6 Å². The van der Waals surface area contributed by atoms with E-state index in [1.54, 1.807) is 28.9 Å². The van der Waals surface area contributed by atoms with Gasteiger partial charge in [0.1, 0.15) is 0 Å². The van der Waals surface area contributed by atoms with Crippen molar-refractivity contribution in [3.8, 4) is 6.07 Å². The molecular weight excluding hydrogens is 364 g/mol. The number of nitrogens with zero attached hydrogens (tertiary/aromatic N) is 3. The van der Waals surface area contributed by atoms with Crippen LogP contribution in [0.2, 0.25) is 0 Å². The van der Waals surface area contributed by atoms with Crippen molar-refractivity contribution in [3.05, 3.63) is 46.8 Å². The second-order valence-corrected chi connectivity index (χ2v) is 9.35. The minimum atomic E-state index is -3.02. The maximum absolute atomic E-state index is 12.8. The van der Waals surface area contributed by atoms with E-state index < -0.39 is 9.84 Å². The monoisotopic (exact) mass is 384 g/mol. The lowest BCUT2D eigenvalue weighted by Crippen LogP contribution is -2.17. The number of sulfone groups is 1. The largest absolute Gasteiger partial charge is 0.321 e. The third-order valence-corrected chi connectivity index (χ3v) is 7.00. The predicted molar refractivity (Wildman–Crippen MR) is 100 cm³/mol. The molecule has 27 heavy (non-hydrogen) atoms. The highest BCUT2D eigenvalue weighted by Gasteiger charge is 2.34. The molecule has 7 nitrogen and oxygen atoms in total. The van der Waals surface area contributed by atoms with Crippen molar-refractivity contribution in [3.63, 3.8) is 0 Å². The number of hydrogen-bond acceptors (Lipinski definition) is 5. The summed E-state index contributed by atoms with van der Waals surface area (Å²) in [5, 5.41) is 16.3. The molecule has 1 aromatic heterocycles. The van der Waals surface area contributed by atoms with Gasteiger partial charge in [-0.2, -0.15) is 10.4 Å². The zero-order chi connectivity index (χ0) is 19.0. The van der Waals surface area contributed by atoms with Crippen molar-refractivity contribution in [1.29, 1.82) is 5.26 Å². The van der Waals surface area contributed by atoms with Crippen molar-refractivity contribution < 1.29 is 13.2 Å². The van der Waals surface area contributed by atoms with E-state index in [2.05, 4.69) is 10.4 Å². The molecule has 4 rings (SSSR count). The van der Waals surface area contributed by atoms with Gasteiger partial charge in [-0.1, -0.05) is 0 Å².